The van der Waals surface area contributed by atoms with E-state index in [2.05, 4.69) is 33.1 Å². The van der Waals surface area contributed by atoms with E-state index in [-0.39, 0.29) is 6.10 Å². The van der Waals surface area contributed by atoms with Crippen LogP contribution in [0.2, 0.25) is 0 Å². The molecule has 1 aliphatic rings. The van der Waals surface area contributed by atoms with Gasteiger partial charge < -0.3 is 4.74 Å². The van der Waals surface area contributed by atoms with Crippen LogP contribution in [0.25, 0.3) is 0 Å². The molecule has 0 aliphatic heterocycles. The predicted molar refractivity (Wildman–Crippen MR) is 72.5 cm³/mol. The second kappa shape index (κ2) is 7.34. The van der Waals surface area contributed by atoms with Crippen molar-refractivity contribution >= 4 is 0 Å². The Morgan fingerprint density at radius 2 is 2.06 bits per heavy atom. The molecule has 1 rings (SSSR count). The summed E-state index contributed by atoms with van der Waals surface area (Å²) in [5.74, 6) is 7.80. The Balaban J connectivity index is 2.66. The van der Waals surface area contributed by atoms with Crippen molar-refractivity contribution in [3.05, 3.63) is 0 Å². The van der Waals surface area contributed by atoms with E-state index in [1.807, 2.05) is 0 Å². The molecule has 3 N–H and O–H groups in total. The summed E-state index contributed by atoms with van der Waals surface area (Å²) in [4.78, 5) is 0. The second-order valence-electron chi connectivity index (χ2n) is 5.89. The zero-order valence-electron chi connectivity index (χ0n) is 11.9. The van der Waals surface area contributed by atoms with Gasteiger partial charge in [-0.15, -0.1) is 0 Å². The molecular formula is C14H30N2O. The van der Waals surface area contributed by atoms with Gasteiger partial charge in [-0.1, -0.05) is 33.6 Å². The van der Waals surface area contributed by atoms with Crippen molar-refractivity contribution in [2.75, 3.05) is 6.61 Å². The van der Waals surface area contributed by atoms with Gasteiger partial charge in [-0.05, 0) is 37.5 Å². The quantitative estimate of drug-likeness (QED) is 0.556. The molecule has 4 unspecified atom stereocenters. The molecule has 1 saturated carbocycles. The van der Waals surface area contributed by atoms with Crippen LogP contribution in [0, 0.1) is 17.8 Å². The third-order valence-corrected chi connectivity index (χ3v) is 4.05. The zero-order valence-corrected chi connectivity index (χ0v) is 11.9. The molecular weight excluding hydrogens is 212 g/mol. The summed E-state index contributed by atoms with van der Waals surface area (Å²) in [5.41, 5.74) is 3.03. The normalized spacial score (nSPS) is 29.3. The van der Waals surface area contributed by atoms with Crippen molar-refractivity contribution in [1.82, 2.24) is 5.43 Å². The van der Waals surface area contributed by atoms with Crippen LogP contribution >= 0.6 is 0 Å². The molecule has 1 aliphatic carbocycles. The minimum absolute atomic E-state index is 0.236. The Morgan fingerprint density at radius 1 is 1.35 bits per heavy atom. The van der Waals surface area contributed by atoms with E-state index >= 15 is 0 Å². The average molecular weight is 242 g/mol. The highest BCUT2D eigenvalue weighted by Crippen LogP contribution is 2.33. The average Bonchev–Trinajstić information content (AvgIpc) is 2.29. The lowest BCUT2D eigenvalue weighted by Gasteiger charge is -2.38. The highest BCUT2D eigenvalue weighted by molar-refractivity contribution is 4.87. The van der Waals surface area contributed by atoms with Crippen molar-refractivity contribution in [3.8, 4) is 0 Å². The van der Waals surface area contributed by atoms with Gasteiger partial charge in [-0.2, -0.15) is 0 Å². The van der Waals surface area contributed by atoms with Crippen molar-refractivity contribution in [3.63, 3.8) is 0 Å². The number of ether oxygens (including phenoxy) is 1. The molecule has 0 amide bonds. The largest absolute Gasteiger partial charge is 0.377 e. The fraction of sp³-hybridized carbons (Fsp3) is 1.00. The maximum Gasteiger partial charge on any atom is 0.0766 e. The smallest absolute Gasteiger partial charge is 0.0766 e. The summed E-state index contributed by atoms with van der Waals surface area (Å²) in [7, 11) is 0. The van der Waals surface area contributed by atoms with Crippen LogP contribution < -0.4 is 11.3 Å². The Kier molecular flexibility index (Phi) is 6.45. The Labute approximate surface area is 106 Å². The van der Waals surface area contributed by atoms with E-state index in [4.69, 9.17) is 10.6 Å². The summed E-state index contributed by atoms with van der Waals surface area (Å²) in [6.45, 7) is 9.62. The lowest BCUT2D eigenvalue weighted by atomic mass is 9.76. The fourth-order valence-electron chi connectivity index (χ4n) is 3.21. The molecule has 0 spiro atoms. The van der Waals surface area contributed by atoms with Crippen molar-refractivity contribution < 1.29 is 4.74 Å². The van der Waals surface area contributed by atoms with Gasteiger partial charge in [-0.25, -0.2) is 0 Å². The molecule has 0 aromatic heterocycles. The maximum atomic E-state index is 5.90. The Morgan fingerprint density at radius 3 is 2.53 bits per heavy atom. The monoisotopic (exact) mass is 242 g/mol. The molecule has 0 radical (unpaired) electrons. The fourth-order valence-corrected chi connectivity index (χ4v) is 3.21. The summed E-state index contributed by atoms with van der Waals surface area (Å²) in [6, 6.07) is 0.303. The lowest BCUT2D eigenvalue weighted by molar-refractivity contribution is -0.0194. The molecule has 0 aromatic rings. The number of nitrogens with one attached hydrogen (secondary N) is 1. The number of nitrogens with two attached hydrogens (primary N) is 1. The van der Waals surface area contributed by atoms with E-state index in [0.717, 1.165) is 12.5 Å². The molecule has 17 heavy (non-hydrogen) atoms. The number of hydrogen-bond acceptors (Lipinski definition) is 3. The first-order chi connectivity index (χ1) is 8.10. The molecule has 0 aromatic carbocycles. The zero-order chi connectivity index (χ0) is 12.8. The second-order valence-corrected chi connectivity index (χ2v) is 5.89. The summed E-state index contributed by atoms with van der Waals surface area (Å²) < 4.78 is 5.90. The van der Waals surface area contributed by atoms with Crippen molar-refractivity contribution in [1.29, 1.82) is 0 Å². The number of hydrazine groups is 1. The third kappa shape index (κ3) is 4.23. The van der Waals surface area contributed by atoms with Gasteiger partial charge in [0, 0.05) is 6.61 Å². The molecule has 0 heterocycles. The van der Waals surface area contributed by atoms with E-state index in [0.29, 0.717) is 17.9 Å². The third-order valence-electron chi connectivity index (χ3n) is 4.05. The van der Waals surface area contributed by atoms with Gasteiger partial charge in [0.15, 0.2) is 0 Å². The maximum absolute atomic E-state index is 5.90. The van der Waals surface area contributed by atoms with Gasteiger partial charge in [0.2, 0.25) is 0 Å². The van der Waals surface area contributed by atoms with Crippen LogP contribution in [0.4, 0.5) is 0 Å². The van der Waals surface area contributed by atoms with Gasteiger partial charge in [0.05, 0.1) is 12.1 Å². The van der Waals surface area contributed by atoms with E-state index in [9.17, 15) is 0 Å². The molecule has 0 saturated heterocycles. The summed E-state index contributed by atoms with van der Waals surface area (Å²) in [6.07, 6.45) is 5.51. The Bertz CT molecular complexity index is 208. The molecule has 4 atom stereocenters. The van der Waals surface area contributed by atoms with Crippen LogP contribution in [-0.2, 0) is 4.74 Å². The molecule has 0 bridgehead atoms. The number of hydrogen-bond donors (Lipinski definition) is 2. The highest BCUT2D eigenvalue weighted by Gasteiger charge is 2.33. The minimum atomic E-state index is 0.236. The summed E-state index contributed by atoms with van der Waals surface area (Å²) in [5, 5.41) is 0. The molecule has 3 nitrogen and oxygen atoms in total. The Hall–Kier alpha value is -0.120. The van der Waals surface area contributed by atoms with Gasteiger partial charge >= 0.3 is 0 Å². The lowest BCUT2D eigenvalue weighted by Crippen LogP contribution is -2.52. The van der Waals surface area contributed by atoms with Gasteiger partial charge in [0.1, 0.15) is 0 Å². The van der Waals surface area contributed by atoms with Gasteiger partial charge in [0.25, 0.3) is 0 Å². The number of rotatable bonds is 6. The van der Waals surface area contributed by atoms with Crippen LogP contribution in [-0.4, -0.2) is 18.8 Å². The van der Waals surface area contributed by atoms with Crippen LogP contribution in [0.5, 0.6) is 0 Å². The van der Waals surface area contributed by atoms with Crippen LogP contribution in [0.3, 0.4) is 0 Å². The van der Waals surface area contributed by atoms with E-state index in [1.165, 1.54) is 25.7 Å². The minimum Gasteiger partial charge on any atom is -0.377 e. The van der Waals surface area contributed by atoms with Crippen molar-refractivity contribution in [2.45, 2.75) is 65.5 Å². The highest BCUT2D eigenvalue weighted by atomic mass is 16.5. The first-order valence-electron chi connectivity index (χ1n) is 7.17. The molecule has 1 fully saturated rings. The first-order valence-corrected chi connectivity index (χ1v) is 7.17. The molecule has 102 valence electrons. The first kappa shape index (κ1) is 14.9. The standard InChI is InChI=1S/C14H30N2O/c1-5-17-14(10(2)3)13(16-15)12-8-6-7-11(4)9-12/h10-14,16H,5-9,15H2,1-4H3. The van der Waals surface area contributed by atoms with Crippen molar-refractivity contribution in [2.24, 2.45) is 23.6 Å². The van der Waals surface area contributed by atoms with E-state index in [1.54, 1.807) is 0 Å². The SMILES string of the molecule is CCOC(C(C)C)C(NN)C1CCCC(C)C1. The molecule has 3 heteroatoms. The van der Waals surface area contributed by atoms with E-state index < -0.39 is 0 Å². The summed E-state index contributed by atoms with van der Waals surface area (Å²) >= 11 is 0. The van der Waals surface area contributed by atoms with Gasteiger partial charge in [-0.3, -0.25) is 11.3 Å². The van der Waals surface area contributed by atoms with Crippen LogP contribution in [0.1, 0.15) is 53.4 Å². The van der Waals surface area contributed by atoms with Crippen LogP contribution in [0.15, 0.2) is 0 Å². The topological polar surface area (TPSA) is 47.3 Å². The predicted octanol–water partition coefficient (Wildman–Crippen LogP) is 2.71.